The number of aromatic amines is 1. The molecule has 6 heteroatoms. The number of hydrogen-bond acceptors (Lipinski definition) is 4. The largest absolute Gasteiger partial charge is 0.457 e. The number of ether oxygens (including phenoxy) is 1. The molecule has 0 radical (unpaired) electrons. The third-order valence-corrected chi connectivity index (χ3v) is 3.70. The van der Waals surface area contributed by atoms with E-state index in [4.69, 9.17) is 10.5 Å². The molecule has 0 unspecified atom stereocenters. The maximum Gasteiger partial charge on any atom is 0.271 e. The van der Waals surface area contributed by atoms with Crippen molar-refractivity contribution >= 4 is 5.91 Å². The van der Waals surface area contributed by atoms with Crippen LogP contribution in [0.2, 0.25) is 0 Å². The molecular weight excluding hydrogens is 304 g/mol. The van der Waals surface area contributed by atoms with Gasteiger partial charge in [0.05, 0.1) is 0 Å². The first-order chi connectivity index (χ1) is 11.6. The third-order valence-electron chi connectivity index (χ3n) is 3.70. The van der Waals surface area contributed by atoms with Gasteiger partial charge in [-0.25, -0.2) is 0 Å². The quantitative estimate of drug-likeness (QED) is 0.752. The topological polar surface area (TPSA) is 93.9 Å². The molecule has 0 aliphatic heterocycles. The summed E-state index contributed by atoms with van der Waals surface area (Å²) in [6, 6.07) is 15.2. The maximum absolute atomic E-state index is 11.5. The number of amides is 1. The van der Waals surface area contributed by atoms with Gasteiger partial charge in [-0.15, -0.1) is 0 Å². The first-order valence-electron chi connectivity index (χ1n) is 7.64. The molecule has 3 rings (SSSR count). The number of primary amides is 1. The Morgan fingerprint density at radius 3 is 2.46 bits per heavy atom. The highest BCUT2D eigenvalue weighted by molar-refractivity contribution is 5.97. The highest BCUT2D eigenvalue weighted by atomic mass is 16.5. The number of nitrogens with zero attached hydrogens (tertiary/aromatic N) is 2. The Morgan fingerprint density at radius 1 is 1.08 bits per heavy atom. The Kier molecular flexibility index (Phi) is 4.29. The van der Waals surface area contributed by atoms with Gasteiger partial charge in [-0.2, -0.15) is 15.4 Å². The van der Waals surface area contributed by atoms with E-state index in [0.717, 1.165) is 0 Å². The van der Waals surface area contributed by atoms with Crippen LogP contribution in [0.4, 0.5) is 0 Å². The van der Waals surface area contributed by atoms with Gasteiger partial charge in [0, 0.05) is 5.56 Å². The smallest absolute Gasteiger partial charge is 0.271 e. The lowest BCUT2D eigenvalue weighted by atomic mass is 10.0. The predicted molar refractivity (Wildman–Crippen MR) is 90.9 cm³/mol. The third kappa shape index (κ3) is 3.12. The van der Waals surface area contributed by atoms with Crippen LogP contribution in [0.1, 0.15) is 35.8 Å². The molecule has 1 aromatic heterocycles. The Balaban J connectivity index is 1.95. The summed E-state index contributed by atoms with van der Waals surface area (Å²) in [6.45, 7) is 4.28. The first kappa shape index (κ1) is 15.7. The number of aromatic nitrogens is 3. The number of H-pyrrole nitrogens is 1. The van der Waals surface area contributed by atoms with Crippen molar-refractivity contribution in [3.05, 3.63) is 59.8 Å². The van der Waals surface area contributed by atoms with Crippen LogP contribution in [-0.4, -0.2) is 21.3 Å². The van der Waals surface area contributed by atoms with Crippen molar-refractivity contribution in [2.75, 3.05) is 0 Å². The van der Waals surface area contributed by atoms with Crippen molar-refractivity contribution in [1.29, 1.82) is 0 Å². The molecule has 122 valence electrons. The number of benzene rings is 2. The molecule has 2 aromatic carbocycles. The van der Waals surface area contributed by atoms with Crippen LogP contribution in [-0.2, 0) is 0 Å². The van der Waals surface area contributed by atoms with Crippen molar-refractivity contribution in [3.8, 4) is 22.8 Å². The van der Waals surface area contributed by atoms with Gasteiger partial charge in [0.2, 0.25) is 0 Å². The predicted octanol–water partition coefficient (Wildman–Crippen LogP) is 3.49. The van der Waals surface area contributed by atoms with E-state index in [0.29, 0.717) is 28.7 Å². The molecular formula is C18H18N4O2. The van der Waals surface area contributed by atoms with Crippen LogP contribution in [0.25, 0.3) is 11.3 Å². The minimum absolute atomic E-state index is 0.0844. The molecule has 6 nitrogen and oxygen atoms in total. The summed E-state index contributed by atoms with van der Waals surface area (Å²) in [6.07, 6.45) is 0. The van der Waals surface area contributed by atoms with Crippen LogP contribution in [0.3, 0.4) is 0 Å². The van der Waals surface area contributed by atoms with Gasteiger partial charge in [-0.3, -0.25) is 4.79 Å². The zero-order valence-electron chi connectivity index (χ0n) is 13.5. The van der Waals surface area contributed by atoms with Crippen molar-refractivity contribution in [3.63, 3.8) is 0 Å². The zero-order valence-corrected chi connectivity index (χ0v) is 13.5. The number of nitrogens with two attached hydrogens (primary N) is 1. The summed E-state index contributed by atoms with van der Waals surface area (Å²) >= 11 is 0. The summed E-state index contributed by atoms with van der Waals surface area (Å²) in [4.78, 5) is 11.5. The van der Waals surface area contributed by atoms with E-state index in [-0.39, 0.29) is 5.69 Å². The molecule has 3 aromatic rings. The van der Waals surface area contributed by atoms with Crippen molar-refractivity contribution in [1.82, 2.24) is 15.4 Å². The average Bonchev–Trinajstić information content (AvgIpc) is 3.05. The summed E-state index contributed by atoms with van der Waals surface area (Å²) in [5.74, 6) is 1.09. The fourth-order valence-corrected chi connectivity index (χ4v) is 2.39. The number of nitrogens with one attached hydrogen (secondary N) is 1. The molecule has 1 heterocycles. The molecule has 1 amide bonds. The SMILES string of the molecule is CC(C)c1ccc(Oc2ccccc2-c2n[nH]nc2C(N)=O)cc1. The van der Waals surface area contributed by atoms with E-state index in [1.165, 1.54) is 5.56 Å². The van der Waals surface area contributed by atoms with Crippen LogP contribution in [0, 0.1) is 0 Å². The molecule has 0 saturated heterocycles. The molecule has 0 fully saturated rings. The number of carbonyl (C=O) groups excluding carboxylic acids is 1. The van der Waals surface area contributed by atoms with Crippen molar-refractivity contribution in [2.24, 2.45) is 5.73 Å². The van der Waals surface area contributed by atoms with Gasteiger partial charge < -0.3 is 10.5 Å². The second-order valence-corrected chi connectivity index (χ2v) is 5.71. The zero-order chi connectivity index (χ0) is 17.1. The Bertz CT molecular complexity index is 853. The molecule has 24 heavy (non-hydrogen) atoms. The van der Waals surface area contributed by atoms with Crippen molar-refractivity contribution < 1.29 is 9.53 Å². The Hall–Kier alpha value is -3.15. The molecule has 0 bridgehead atoms. The molecule has 0 atom stereocenters. The van der Waals surface area contributed by atoms with E-state index in [2.05, 4.69) is 29.3 Å². The van der Waals surface area contributed by atoms with Gasteiger partial charge >= 0.3 is 0 Å². The molecule has 0 aliphatic rings. The average molecular weight is 322 g/mol. The standard InChI is InChI=1S/C18H18N4O2/c1-11(2)12-7-9-13(10-8-12)24-15-6-4-3-5-14(15)16-17(18(19)23)21-22-20-16/h3-11H,1-2H3,(H2,19,23)(H,20,21,22). The van der Waals surface area contributed by atoms with Gasteiger partial charge in [0.25, 0.3) is 5.91 Å². The van der Waals surface area contributed by atoms with Crippen LogP contribution in [0.15, 0.2) is 48.5 Å². The minimum Gasteiger partial charge on any atom is -0.457 e. The highest BCUT2D eigenvalue weighted by Gasteiger charge is 2.18. The highest BCUT2D eigenvalue weighted by Crippen LogP contribution is 2.33. The number of rotatable bonds is 5. The molecule has 3 N–H and O–H groups in total. The number of para-hydroxylation sites is 1. The van der Waals surface area contributed by atoms with Crippen molar-refractivity contribution in [2.45, 2.75) is 19.8 Å². The van der Waals surface area contributed by atoms with E-state index < -0.39 is 5.91 Å². The van der Waals surface area contributed by atoms with E-state index in [9.17, 15) is 4.79 Å². The van der Waals surface area contributed by atoms with E-state index in [1.54, 1.807) is 0 Å². The summed E-state index contributed by atoms with van der Waals surface area (Å²) in [7, 11) is 0. The summed E-state index contributed by atoms with van der Waals surface area (Å²) < 4.78 is 5.97. The fraction of sp³-hybridized carbons (Fsp3) is 0.167. The Morgan fingerprint density at radius 2 is 1.79 bits per heavy atom. The number of hydrogen-bond donors (Lipinski definition) is 2. The molecule has 0 saturated carbocycles. The van der Waals surface area contributed by atoms with Crippen LogP contribution in [0.5, 0.6) is 11.5 Å². The van der Waals surface area contributed by atoms with Gasteiger partial charge in [0.15, 0.2) is 5.69 Å². The van der Waals surface area contributed by atoms with Crippen LogP contribution >= 0.6 is 0 Å². The maximum atomic E-state index is 11.5. The monoisotopic (exact) mass is 322 g/mol. The normalized spacial score (nSPS) is 10.8. The lowest BCUT2D eigenvalue weighted by Gasteiger charge is -2.11. The summed E-state index contributed by atoms with van der Waals surface area (Å²) in [5.41, 5.74) is 7.68. The number of carbonyl (C=O) groups is 1. The van der Waals surface area contributed by atoms with Gasteiger partial charge in [-0.1, -0.05) is 38.1 Å². The molecule has 0 spiro atoms. The summed E-state index contributed by atoms with van der Waals surface area (Å²) in [5, 5.41) is 10.3. The minimum atomic E-state index is -0.644. The lowest BCUT2D eigenvalue weighted by Crippen LogP contribution is -2.12. The second kappa shape index (κ2) is 6.54. The second-order valence-electron chi connectivity index (χ2n) is 5.71. The molecule has 0 aliphatic carbocycles. The van der Waals surface area contributed by atoms with E-state index in [1.807, 2.05) is 48.5 Å². The lowest BCUT2D eigenvalue weighted by molar-refractivity contribution is 0.0996. The van der Waals surface area contributed by atoms with Gasteiger partial charge in [-0.05, 0) is 35.7 Å². The Labute approximate surface area is 139 Å². The fourth-order valence-electron chi connectivity index (χ4n) is 2.39. The van der Waals surface area contributed by atoms with E-state index >= 15 is 0 Å². The first-order valence-corrected chi connectivity index (χ1v) is 7.64. The van der Waals surface area contributed by atoms with Gasteiger partial charge in [0.1, 0.15) is 17.2 Å². The van der Waals surface area contributed by atoms with Crippen LogP contribution < -0.4 is 10.5 Å².